The second kappa shape index (κ2) is 3.72. The molecule has 0 aliphatic rings. The van der Waals surface area contributed by atoms with Crippen LogP contribution in [0.4, 0.5) is 5.82 Å². The van der Waals surface area contributed by atoms with Crippen LogP contribution in [0.2, 0.25) is 0 Å². The monoisotopic (exact) mass is 178 g/mol. The summed E-state index contributed by atoms with van der Waals surface area (Å²) < 4.78 is 1.30. The highest BCUT2D eigenvalue weighted by atomic mass is 16.1. The lowest BCUT2D eigenvalue weighted by molar-refractivity contribution is 0.643. The van der Waals surface area contributed by atoms with Crippen molar-refractivity contribution in [2.45, 2.75) is 19.9 Å². The number of aromatic nitrogens is 2. The molecule has 5 nitrogen and oxygen atoms in total. The molecule has 0 aliphatic heterocycles. The molecule has 0 saturated heterocycles. The number of rotatable bonds is 2. The van der Waals surface area contributed by atoms with E-state index in [1.807, 2.05) is 13.0 Å². The quantitative estimate of drug-likeness (QED) is 0.696. The van der Waals surface area contributed by atoms with Gasteiger partial charge in [0.2, 0.25) is 0 Å². The van der Waals surface area contributed by atoms with Crippen LogP contribution in [-0.4, -0.2) is 9.55 Å². The smallest absolute Gasteiger partial charge is 0.349 e. The maximum absolute atomic E-state index is 11.2. The fourth-order valence-electron chi connectivity index (χ4n) is 1.03. The van der Waals surface area contributed by atoms with Crippen LogP contribution in [0.25, 0.3) is 0 Å². The van der Waals surface area contributed by atoms with Gasteiger partial charge in [-0.2, -0.15) is 5.26 Å². The summed E-state index contributed by atoms with van der Waals surface area (Å²) in [6.07, 6.45) is 1.98. The molecule has 1 aromatic rings. The fraction of sp³-hybridized carbons (Fsp3) is 0.375. The van der Waals surface area contributed by atoms with Crippen LogP contribution in [0, 0.1) is 11.3 Å². The van der Waals surface area contributed by atoms with E-state index in [9.17, 15) is 4.79 Å². The van der Waals surface area contributed by atoms with Crippen molar-refractivity contribution in [3.63, 3.8) is 0 Å². The maximum atomic E-state index is 11.2. The molecule has 0 aromatic carbocycles. The Labute approximate surface area is 75.4 Å². The molecule has 5 heteroatoms. The Kier molecular flexibility index (Phi) is 2.65. The lowest BCUT2D eigenvalue weighted by Gasteiger charge is -2.06. The second-order valence-electron chi connectivity index (χ2n) is 2.60. The first kappa shape index (κ1) is 9.26. The number of hydrogen-bond acceptors (Lipinski definition) is 4. The van der Waals surface area contributed by atoms with Gasteiger partial charge in [0.05, 0.1) is 6.20 Å². The molecule has 0 fully saturated rings. The van der Waals surface area contributed by atoms with Crippen LogP contribution in [-0.2, 0) is 6.54 Å². The van der Waals surface area contributed by atoms with Gasteiger partial charge in [0.15, 0.2) is 0 Å². The predicted octanol–water partition coefficient (Wildman–Crippen LogP) is 0.107. The third-order valence-corrected chi connectivity index (χ3v) is 1.67. The molecule has 0 radical (unpaired) electrons. The van der Waals surface area contributed by atoms with Crippen molar-refractivity contribution >= 4 is 5.82 Å². The summed E-state index contributed by atoms with van der Waals surface area (Å²) in [4.78, 5) is 14.7. The predicted molar refractivity (Wildman–Crippen MR) is 47.9 cm³/mol. The van der Waals surface area contributed by atoms with Gasteiger partial charge in [-0.25, -0.2) is 9.78 Å². The molecule has 0 saturated carbocycles. The van der Waals surface area contributed by atoms with Crippen molar-refractivity contribution in [1.82, 2.24) is 9.55 Å². The average molecular weight is 178 g/mol. The first-order chi connectivity index (χ1) is 6.20. The van der Waals surface area contributed by atoms with E-state index < -0.39 is 5.69 Å². The fourth-order valence-corrected chi connectivity index (χ4v) is 1.03. The molecule has 1 aromatic heterocycles. The topological polar surface area (TPSA) is 84.7 Å². The second-order valence-corrected chi connectivity index (χ2v) is 2.60. The molecule has 1 rings (SSSR count). The normalized spacial score (nSPS) is 9.54. The minimum Gasteiger partial charge on any atom is -0.384 e. The molecule has 2 N–H and O–H groups in total. The van der Waals surface area contributed by atoms with Crippen molar-refractivity contribution < 1.29 is 0 Å². The summed E-state index contributed by atoms with van der Waals surface area (Å²) in [5.41, 5.74) is 5.42. The van der Waals surface area contributed by atoms with E-state index in [0.717, 1.165) is 6.42 Å². The van der Waals surface area contributed by atoms with Crippen molar-refractivity contribution in [2.24, 2.45) is 0 Å². The Balaban J connectivity index is 3.32. The number of nitrogens with zero attached hydrogens (tertiary/aromatic N) is 3. The molecule has 0 aliphatic carbocycles. The zero-order chi connectivity index (χ0) is 9.84. The summed E-state index contributed by atoms with van der Waals surface area (Å²) >= 11 is 0. The van der Waals surface area contributed by atoms with Gasteiger partial charge in [0.25, 0.3) is 0 Å². The van der Waals surface area contributed by atoms with Gasteiger partial charge in [0, 0.05) is 6.54 Å². The standard InChI is InChI=1S/C8H10N4O/c1-2-3-12-7(10)6(4-9)5-11-8(12)13/h5H,2-3,10H2,1H3. The molecule has 0 atom stereocenters. The van der Waals surface area contributed by atoms with E-state index in [-0.39, 0.29) is 11.4 Å². The van der Waals surface area contributed by atoms with Crippen LogP contribution in [0.1, 0.15) is 18.9 Å². The van der Waals surface area contributed by atoms with Gasteiger partial charge in [-0.05, 0) is 6.42 Å². The molecule has 13 heavy (non-hydrogen) atoms. The van der Waals surface area contributed by atoms with Gasteiger partial charge in [0.1, 0.15) is 17.5 Å². The van der Waals surface area contributed by atoms with E-state index in [1.54, 1.807) is 0 Å². The van der Waals surface area contributed by atoms with Crippen molar-refractivity contribution in [2.75, 3.05) is 5.73 Å². The number of hydrogen-bond donors (Lipinski definition) is 1. The lowest BCUT2D eigenvalue weighted by Crippen LogP contribution is -2.26. The molecule has 0 spiro atoms. The summed E-state index contributed by atoms with van der Waals surface area (Å²) in [5.74, 6) is 0.198. The van der Waals surface area contributed by atoms with Crippen LogP contribution in [0.3, 0.4) is 0 Å². The number of nitrogen functional groups attached to an aromatic ring is 1. The Morgan fingerprint density at radius 2 is 2.46 bits per heavy atom. The Bertz CT molecular complexity index is 402. The molecular weight excluding hydrogens is 168 g/mol. The van der Waals surface area contributed by atoms with E-state index in [1.165, 1.54) is 10.8 Å². The molecule has 1 heterocycles. The van der Waals surface area contributed by atoms with Gasteiger partial charge in [-0.3, -0.25) is 4.57 Å². The SMILES string of the molecule is CCCn1c(N)c(C#N)cnc1=O. The summed E-state index contributed by atoms with van der Waals surface area (Å²) in [6.45, 7) is 2.41. The molecule has 68 valence electrons. The third-order valence-electron chi connectivity index (χ3n) is 1.67. The lowest BCUT2D eigenvalue weighted by atomic mass is 10.3. The van der Waals surface area contributed by atoms with Crippen molar-refractivity contribution in [3.8, 4) is 6.07 Å². The highest BCUT2D eigenvalue weighted by Gasteiger charge is 2.05. The highest BCUT2D eigenvalue weighted by Crippen LogP contribution is 2.05. The molecule has 0 unspecified atom stereocenters. The third kappa shape index (κ3) is 1.67. The van der Waals surface area contributed by atoms with Crippen molar-refractivity contribution in [3.05, 3.63) is 22.2 Å². The van der Waals surface area contributed by atoms with Gasteiger partial charge < -0.3 is 5.73 Å². The zero-order valence-corrected chi connectivity index (χ0v) is 7.32. The first-order valence-corrected chi connectivity index (χ1v) is 3.96. The summed E-state index contributed by atoms with van der Waals surface area (Å²) in [6, 6.07) is 1.87. The minimum atomic E-state index is -0.404. The van der Waals surface area contributed by atoms with Gasteiger partial charge in [-0.1, -0.05) is 6.92 Å². The largest absolute Gasteiger partial charge is 0.384 e. The number of nitriles is 1. The zero-order valence-electron chi connectivity index (χ0n) is 7.32. The highest BCUT2D eigenvalue weighted by molar-refractivity contribution is 5.46. The number of nitrogens with two attached hydrogens (primary N) is 1. The van der Waals surface area contributed by atoms with E-state index in [0.29, 0.717) is 6.54 Å². The number of anilines is 1. The minimum absolute atomic E-state index is 0.198. The van der Waals surface area contributed by atoms with E-state index >= 15 is 0 Å². The Morgan fingerprint density at radius 3 is 3.00 bits per heavy atom. The summed E-state index contributed by atoms with van der Waals surface area (Å²) in [7, 11) is 0. The molecular formula is C8H10N4O. The molecule has 0 amide bonds. The first-order valence-electron chi connectivity index (χ1n) is 3.96. The van der Waals surface area contributed by atoms with Gasteiger partial charge >= 0.3 is 5.69 Å². The summed E-state index contributed by atoms with van der Waals surface area (Å²) in [5, 5.41) is 8.62. The van der Waals surface area contributed by atoms with E-state index in [4.69, 9.17) is 11.0 Å². The van der Waals surface area contributed by atoms with Crippen LogP contribution in [0.5, 0.6) is 0 Å². The van der Waals surface area contributed by atoms with E-state index in [2.05, 4.69) is 4.98 Å². The van der Waals surface area contributed by atoms with Crippen molar-refractivity contribution in [1.29, 1.82) is 5.26 Å². The van der Waals surface area contributed by atoms with Crippen LogP contribution in [0.15, 0.2) is 11.0 Å². The van der Waals surface area contributed by atoms with Gasteiger partial charge in [-0.15, -0.1) is 0 Å². The Morgan fingerprint density at radius 1 is 1.77 bits per heavy atom. The Hall–Kier alpha value is -1.83. The molecule has 0 bridgehead atoms. The van der Waals surface area contributed by atoms with Crippen LogP contribution >= 0.6 is 0 Å². The van der Waals surface area contributed by atoms with Crippen LogP contribution < -0.4 is 11.4 Å². The average Bonchev–Trinajstić information content (AvgIpc) is 2.12. The maximum Gasteiger partial charge on any atom is 0.349 e.